The summed E-state index contributed by atoms with van der Waals surface area (Å²) in [5.74, 6) is 0.460. The molecule has 6 rings (SSSR count). The number of carbonyl (C=O) groups is 3. The number of piperazine rings is 1. The quantitative estimate of drug-likeness (QED) is 0.100. The van der Waals surface area contributed by atoms with Crippen molar-refractivity contribution in [2.45, 2.75) is 65.7 Å². The molecular weight excluding hydrogens is 690 g/mol. The van der Waals surface area contributed by atoms with Crippen LogP contribution in [0.4, 0.5) is 11.8 Å². The molecule has 4 aromatic rings. The van der Waals surface area contributed by atoms with Crippen molar-refractivity contribution in [3.05, 3.63) is 71.2 Å². The molecule has 3 N–H and O–H groups in total. The third-order valence-corrected chi connectivity index (χ3v) is 9.68. The highest BCUT2D eigenvalue weighted by Crippen LogP contribution is 2.25. The van der Waals surface area contributed by atoms with Gasteiger partial charge in [0.2, 0.25) is 11.9 Å². The number of imide groups is 1. The van der Waals surface area contributed by atoms with Gasteiger partial charge < -0.3 is 30.0 Å². The van der Waals surface area contributed by atoms with Crippen LogP contribution < -0.4 is 11.1 Å². The number of nitrogen functional groups attached to an aromatic ring is 1. The lowest BCUT2D eigenvalue weighted by Crippen LogP contribution is -2.48. The smallest absolute Gasteiger partial charge is 0.253 e. The molecule has 0 radical (unpaired) electrons. The van der Waals surface area contributed by atoms with E-state index >= 15 is 0 Å². The highest BCUT2D eigenvalue weighted by Gasteiger charge is 2.24. The summed E-state index contributed by atoms with van der Waals surface area (Å²) >= 11 is 0. The number of hydrogen-bond acceptors (Lipinski definition) is 12. The lowest BCUT2D eigenvalue weighted by Gasteiger charge is -2.35. The van der Waals surface area contributed by atoms with Gasteiger partial charge in [-0.25, -0.2) is 9.67 Å². The number of unbranched alkanes of at least 4 members (excludes halogenated alkanes) is 2. The Morgan fingerprint density at radius 3 is 2.46 bits per heavy atom. The minimum Gasteiger partial charge on any atom is -0.379 e. The number of carbonyl (C=O) groups excluding carboxylic acids is 3. The van der Waals surface area contributed by atoms with Gasteiger partial charge in [0.05, 0.1) is 57.7 Å². The third kappa shape index (κ3) is 10.3. The van der Waals surface area contributed by atoms with E-state index in [4.69, 9.17) is 15.2 Å². The lowest BCUT2D eigenvalue weighted by molar-refractivity contribution is -0.137. The number of nitrogens with zero attached hydrogens (tertiary/aromatic N) is 9. The van der Waals surface area contributed by atoms with Crippen LogP contribution in [0.25, 0.3) is 11.0 Å². The first kappa shape index (κ1) is 38.5. The maximum Gasteiger partial charge on any atom is 0.253 e. The minimum atomic E-state index is -0.353. The normalized spacial score (nSPS) is 14.9. The number of aryl methyl sites for hydroxylation is 1. The first-order valence-corrected chi connectivity index (χ1v) is 18.8. The van der Waals surface area contributed by atoms with Crippen molar-refractivity contribution in [1.29, 1.82) is 0 Å². The number of rotatable bonds is 20. The van der Waals surface area contributed by atoms with Gasteiger partial charge in [0.1, 0.15) is 11.2 Å². The number of fused-ring (bicyclic) bond motifs is 1. The van der Waals surface area contributed by atoms with Gasteiger partial charge in [-0.05, 0) is 36.1 Å². The molecule has 1 saturated heterocycles. The highest BCUT2D eigenvalue weighted by atomic mass is 16.5. The zero-order chi connectivity index (χ0) is 37.9. The van der Waals surface area contributed by atoms with Crippen LogP contribution in [0.5, 0.6) is 0 Å². The average molecular weight is 742 g/mol. The van der Waals surface area contributed by atoms with E-state index in [-0.39, 0.29) is 30.2 Å². The Hall–Kier alpha value is -5.19. The molecule has 1 aromatic carbocycles. The van der Waals surface area contributed by atoms with Crippen LogP contribution in [0.1, 0.15) is 55.0 Å². The van der Waals surface area contributed by atoms with E-state index in [1.54, 1.807) is 10.9 Å². The van der Waals surface area contributed by atoms with E-state index in [1.807, 2.05) is 11.0 Å². The van der Waals surface area contributed by atoms with Gasteiger partial charge in [-0.15, -0.1) is 5.10 Å². The lowest BCUT2D eigenvalue weighted by atomic mass is 10.0. The third-order valence-electron chi connectivity index (χ3n) is 9.68. The minimum absolute atomic E-state index is 0.0868. The SMILES string of the molecule is CCCCCNc1nc(N)nc2ccn(Cc3ccc(CN4CCN(C(=O)CCOCCOCCn5cc(CN6C(=O)C=CC6=O)nn5)CC4)cc3C)c12. The Kier molecular flexibility index (Phi) is 13.4. The molecule has 0 aliphatic carbocycles. The predicted octanol–water partition coefficient (Wildman–Crippen LogP) is 2.76. The molecule has 0 spiro atoms. The summed E-state index contributed by atoms with van der Waals surface area (Å²) in [5.41, 5.74) is 12.1. The molecule has 16 heteroatoms. The summed E-state index contributed by atoms with van der Waals surface area (Å²) in [7, 11) is 0. The molecule has 0 saturated carbocycles. The monoisotopic (exact) mass is 741 g/mol. The Bertz CT molecular complexity index is 1910. The number of amides is 3. The van der Waals surface area contributed by atoms with Crippen LogP contribution in [-0.4, -0.2) is 121 Å². The Morgan fingerprint density at radius 2 is 1.70 bits per heavy atom. The summed E-state index contributed by atoms with van der Waals surface area (Å²) in [4.78, 5) is 50.7. The van der Waals surface area contributed by atoms with E-state index in [2.05, 4.69) is 73.3 Å². The van der Waals surface area contributed by atoms with Crippen LogP contribution in [0, 0.1) is 6.92 Å². The molecule has 0 bridgehead atoms. The predicted molar refractivity (Wildman–Crippen MR) is 203 cm³/mol. The summed E-state index contributed by atoms with van der Waals surface area (Å²) in [6.45, 7) is 11.9. The van der Waals surface area contributed by atoms with E-state index in [1.165, 1.54) is 35.3 Å². The fourth-order valence-corrected chi connectivity index (χ4v) is 6.66. The number of benzene rings is 1. The standard InChI is InChI=1S/C38H51N11O5/c1-3-4-5-12-40-37-36-32(41-38(39)42-37)10-13-47(36)25-30-7-6-29(23-28(30)2)24-45-14-16-46(17-15-45)33(50)11-19-53-21-22-54-20-18-48-26-31(43-44-48)27-49-34(51)8-9-35(49)52/h6-10,13,23,26H,3-5,11-12,14-22,24-25,27H2,1-2H3,(H3,39,40,41,42). The van der Waals surface area contributed by atoms with Crippen LogP contribution in [0.15, 0.2) is 48.8 Å². The highest BCUT2D eigenvalue weighted by molar-refractivity contribution is 6.12. The van der Waals surface area contributed by atoms with Crippen LogP contribution in [-0.2, 0) is 50.0 Å². The molecule has 54 heavy (non-hydrogen) atoms. The number of aromatic nitrogens is 6. The van der Waals surface area contributed by atoms with Crippen molar-refractivity contribution in [1.82, 2.24) is 44.2 Å². The molecule has 1 fully saturated rings. The van der Waals surface area contributed by atoms with Gasteiger partial charge >= 0.3 is 0 Å². The molecule has 16 nitrogen and oxygen atoms in total. The molecule has 5 heterocycles. The van der Waals surface area contributed by atoms with Crippen LogP contribution >= 0.6 is 0 Å². The Balaban J connectivity index is 0.855. The maximum atomic E-state index is 12.8. The number of ether oxygens (including phenoxy) is 2. The van der Waals surface area contributed by atoms with E-state index < -0.39 is 0 Å². The Labute approximate surface area is 315 Å². The van der Waals surface area contributed by atoms with Gasteiger partial charge in [-0.3, -0.25) is 24.2 Å². The second-order valence-electron chi connectivity index (χ2n) is 13.7. The van der Waals surface area contributed by atoms with Crippen molar-refractivity contribution < 1.29 is 23.9 Å². The zero-order valence-electron chi connectivity index (χ0n) is 31.3. The summed E-state index contributed by atoms with van der Waals surface area (Å²) in [5, 5.41) is 11.5. The van der Waals surface area contributed by atoms with Crippen molar-refractivity contribution in [3.8, 4) is 0 Å². The number of anilines is 2. The second-order valence-corrected chi connectivity index (χ2v) is 13.7. The fourth-order valence-electron chi connectivity index (χ4n) is 6.66. The Morgan fingerprint density at radius 1 is 0.926 bits per heavy atom. The molecular formula is C38H51N11O5. The maximum absolute atomic E-state index is 12.8. The molecule has 2 aliphatic heterocycles. The van der Waals surface area contributed by atoms with Crippen molar-refractivity contribution in [2.24, 2.45) is 0 Å². The zero-order valence-corrected chi connectivity index (χ0v) is 31.3. The number of nitrogens with two attached hydrogens (primary N) is 1. The topological polar surface area (TPSA) is 179 Å². The molecule has 3 aromatic heterocycles. The van der Waals surface area contributed by atoms with Gasteiger partial charge in [-0.1, -0.05) is 43.2 Å². The second kappa shape index (κ2) is 18.7. The van der Waals surface area contributed by atoms with E-state index in [9.17, 15) is 14.4 Å². The molecule has 288 valence electrons. The van der Waals surface area contributed by atoms with Gasteiger partial charge in [0.15, 0.2) is 5.82 Å². The summed E-state index contributed by atoms with van der Waals surface area (Å²) in [6.07, 6.45) is 9.97. The molecule has 0 unspecified atom stereocenters. The molecule has 0 atom stereocenters. The van der Waals surface area contributed by atoms with Crippen molar-refractivity contribution >= 4 is 40.5 Å². The van der Waals surface area contributed by atoms with Gasteiger partial charge in [0, 0.05) is 64.2 Å². The molecule has 3 amide bonds. The van der Waals surface area contributed by atoms with Crippen molar-refractivity contribution in [3.63, 3.8) is 0 Å². The van der Waals surface area contributed by atoms with Crippen molar-refractivity contribution in [2.75, 3.05) is 70.2 Å². The molecule has 2 aliphatic rings. The summed E-state index contributed by atoms with van der Waals surface area (Å²) in [6, 6.07) is 8.68. The van der Waals surface area contributed by atoms with Crippen LogP contribution in [0.3, 0.4) is 0 Å². The van der Waals surface area contributed by atoms with Gasteiger partial charge in [-0.2, -0.15) is 4.98 Å². The van der Waals surface area contributed by atoms with Crippen LogP contribution in [0.2, 0.25) is 0 Å². The number of hydrogen-bond donors (Lipinski definition) is 2. The number of nitrogens with one attached hydrogen (secondary N) is 1. The van der Waals surface area contributed by atoms with E-state index in [0.717, 1.165) is 60.8 Å². The average Bonchev–Trinajstić information content (AvgIpc) is 3.88. The largest absolute Gasteiger partial charge is 0.379 e. The first-order chi connectivity index (χ1) is 26.3. The van der Waals surface area contributed by atoms with Gasteiger partial charge in [0.25, 0.3) is 11.8 Å². The summed E-state index contributed by atoms with van der Waals surface area (Å²) < 4.78 is 15.1. The van der Waals surface area contributed by atoms with E-state index in [0.29, 0.717) is 64.7 Å². The first-order valence-electron chi connectivity index (χ1n) is 18.8. The fraction of sp³-hybridized carbons (Fsp3) is 0.500.